The number of aryl methyl sites for hydroxylation is 1. The molecule has 0 aliphatic carbocycles. The van der Waals surface area contributed by atoms with Crippen molar-refractivity contribution in [1.29, 1.82) is 0 Å². The second kappa shape index (κ2) is 7.12. The van der Waals surface area contributed by atoms with Crippen LogP contribution in [0.1, 0.15) is 11.3 Å². The van der Waals surface area contributed by atoms with Gasteiger partial charge in [-0.3, -0.25) is 4.79 Å². The third-order valence-electron chi connectivity index (χ3n) is 2.46. The van der Waals surface area contributed by atoms with E-state index in [9.17, 15) is 4.79 Å². The Hall–Kier alpha value is -0.580. The number of thiophene rings is 1. The minimum Gasteiger partial charge on any atom is -0.299 e. The number of halogens is 1. The number of ketones is 1. The van der Waals surface area contributed by atoms with Gasteiger partial charge in [0.15, 0.2) is 0 Å². The minimum absolute atomic E-state index is 0.309. The van der Waals surface area contributed by atoms with E-state index in [2.05, 4.69) is 27.4 Å². The normalized spacial score (nSPS) is 10.5. The lowest BCUT2D eigenvalue weighted by Gasteiger charge is -2.03. The summed E-state index contributed by atoms with van der Waals surface area (Å²) in [5, 5.41) is 2.05. The molecule has 2 rings (SSSR count). The first kappa shape index (κ1) is 13.8. The lowest BCUT2D eigenvalue weighted by atomic mass is 10.2. The molecule has 4 heteroatoms. The molecule has 0 saturated heterocycles. The number of benzene rings is 1. The Morgan fingerprint density at radius 3 is 2.78 bits per heavy atom. The Morgan fingerprint density at radius 2 is 2.06 bits per heavy atom. The Labute approximate surface area is 124 Å². The number of Topliss-reactive ketones (excluding diaryl/α,β-unsaturated/α-hetero) is 1. The van der Waals surface area contributed by atoms with Gasteiger partial charge in [-0.1, -0.05) is 18.2 Å². The predicted molar refractivity (Wildman–Crippen MR) is 82.5 cm³/mol. The van der Waals surface area contributed by atoms with E-state index in [-0.39, 0.29) is 0 Å². The fourth-order valence-electron chi connectivity index (χ4n) is 1.51. The third-order valence-corrected chi connectivity index (χ3v) is 5.48. The summed E-state index contributed by atoms with van der Waals surface area (Å²) in [5.74, 6) is 0.859. The van der Waals surface area contributed by atoms with Crippen molar-refractivity contribution in [1.82, 2.24) is 0 Å². The summed E-state index contributed by atoms with van der Waals surface area (Å²) in [4.78, 5) is 14.2. The number of rotatable bonds is 6. The van der Waals surface area contributed by atoms with Crippen LogP contribution in [0.3, 0.4) is 0 Å². The van der Waals surface area contributed by atoms with E-state index in [1.807, 2.05) is 30.3 Å². The van der Waals surface area contributed by atoms with Gasteiger partial charge in [0, 0.05) is 20.7 Å². The molecule has 2 aromatic rings. The molecule has 1 heterocycles. The molecule has 0 fully saturated rings. The summed E-state index contributed by atoms with van der Waals surface area (Å²) < 4.78 is 1.06. The number of thioether (sulfide) groups is 1. The molecule has 0 unspecified atom stereocenters. The second-order valence-corrected chi connectivity index (χ2v) is 6.74. The van der Waals surface area contributed by atoms with Crippen LogP contribution in [0.15, 0.2) is 51.1 Å². The second-order valence-electron chi connectivity index (χ2n) is 3.84. The standard InChI is InChI=1S/C14H13BrOS2/c15-13-5-1-2-6-14(13)18-10-11(16)7-8-12-4-3-9-17-12/h1-6,9H,7-8,10H2. The van der Waals surface area contributed by atoms with Crippen molar-refractivity contribution in [2.24, 2.45) is 0 Å². The molecule has 18 heavy (non-hydrogen) atoms. The van der Waals surface area contributed by atoms with Gasteiger partial charge < -0.3 is 0 Å². The molecule has 0 amide bonds. The van der Waals surface area contributed by atoms with Crippen molar-refractivity contribution in [2.45, 2.75) is 17.7 Å². The summed E-state index contributed by atoms with van der Waals surface area (Å²) >= 11 is 6.80. The predicted octanol–water partition coefficient (Wildman–Crippen LogP) is 4.80. The van der Waals surface area contributed by atoms with Crippen LogP contribution in [0, 0.1) is 0 Å². The van der Waals surface area contributed by atoms with E-state index in [0.717, 1.165) is 15.8 Å². The van der Waals surface area contributed by atoms with Crippen molar-refractivity contribution in [3.05, 3.63) is 51.1 Å². The lowest BCUT2D eigenvalue weighted by Crippen LogP contribution is -2.02. The van der Waals surface area contributed by atoms with Crippen LogP contribution in [0.4, 0.5) is 0 Å². The van der Waals surface area contributed by atoms with Crippen LogP contribution in [-0.2, 0) is 11.2 Å². The molecule has 1 aromatic carbocycles. The Morgan fingerprint density at radius 1 is 1.22 bits per heavy atom. The van der Waals surface area contributed by atoms with Gasteiger partial charge >= 0.3 is 0 Å². The fraction of sp³-hybridized carbons (Fsp3) is 0.214. The highest BCUT2D eigenvalue weighted by atomic mass is 79.9. The average Bonchev–Trinajstić information content (AvgIpc) is 2.88. The molecule has 0 bridgehead atoms. The zero-order valence-electron chi connectivity index (χ0n) is 9.77. The highest BCUT2D eigenvalue weighted by Gasteiger charge is 2.06. The van der Waals surface area contributed by atoms with Gasteiger partial charge in [0.2, 0.25) is 0 Å². The first-order chi connectivity index (χ1) is 8.75. The van der Waals surface area contributed by atoms with Gasteiger partial charge in [0.05, 0.1) is 5.75 Å². The molecule has 0 saturated carbocycles. The van der Waals surface area contributed by atoms with E-state index >= 15 is 0 Å². The first-order valence-electron chi connectivity index (χ1n) is 5.67. The van der Waals surface area contributed by atoms with Crippen molar-refractivity contribution < 1.29 is 4.79 Å². The zero-order chi connectivity index (χ0) is 12.8. The highest BCUT2D eigenvalue weighted by molar-refractivity contribution is 9.10. The number of carbonyl (C=O) groups excluding carboxylic acids is 1. The summed E-state index contributed by atoms with van der Waals surface area (Å²) in [6.45, 7) is 0. The Balaban J connectivity index is 1.77. The van der Waals surface area contributed by atoms with E-state index < -0.39 is 0 Å². The molecule has 94 valence electrons. The smallest absolute Gasteiger partial charge is 0.143 e. The zero-order valence-corrected chi connectivity index (χ0v) is 13.0. The average molecular weight is 341 g/mol. The number of hydrogen-bond donors (Lipinski definition) is 0. The van der Waals surface area contributed by atoms with Gasteiger partial charge in [-0.15, -0.1) is 23.1 Å². The van der Waals surface area contributed by atoms with Crippen LogP contribution in [0.2, 0.25) is 0 Å². The van der Waals surface area contributed by atoms with Gasteiger partial charge in [-0.25, -0.2) is 0 Å². The van der Waals surface area contributed by atoms with Crippen molar-refractivity contribution in [3.63, 3.8) is 0 Å². The van der Waals surface area contributed by atoms with Gasteiger partial charge in [-0.2, -0.15) is 0 Å². The molecule has 0 N–H and O–H groups in total. The number of carbonyl (C=O) groups is 1. The maximum absolute atomic E-state index is 11.8. The van der Waals surface area contributed by atoms with E-state index in [1.165, 1.54) is 4.88 Å². The van der Waals surface area contributed by atoms with Crippen LogP contribution >= 0.6 is 39.0 Å². The van der Waals surface area contributed by atoms with E-state index in [4.69, 9.17) is 0 Å². The molecular formula is C14H13BrOS2. The molecule has 0 atom stereocenters. The maximum Gasteiger partial charge on any atom is 0.143 e. The molecule has 1 aromatic heterocycles. The van der Waals surface area contributed by atoms with Crippen molar-refractivity contribution >= 4 is 44.8 Å². The first-order valence-corrected chi connectivity index (χ1v) is 8.33. The van der Waals surface area contributed by atoms with Crippen LogP contribution in [-0.4, -0.2) is 11.5 Å². The third kappa shape index (κ3) is 4.26. The molecule has 0 radical (unpaired) electrons. The topological polar surface area (TPSA) is 17.1 Å². The molecular weight excluding hydrogens is 328 g/mol. The summed E-state index contributed by atoms with van der Waals surface area (Å²) in [7, 11) is 0. The monoisotopic (exact) mass is 340 g/mol. The lowest BCUT2D eigenvalue weighted by molar-refractivity contribution is -0.116. The van der Waals surface area contributed by atoms with Gasteiger partial charge in [-0.05, 0) is 45.9 Å². The van der Waals surface area contributed by atoms with Crippen molar-refractivity contribution in [2.75, 3.05) is 5.75 Å². The maximum atomic E-state index is 11.8. The van der Waals surface area contributed by atoms with E-state index in [1.54, 1.807) is 23.1 Å². The number of hydrogen-bond acceptors (Lipinski definition) is 3. The summed E-state index contributed by atoms with van der Waals surface area (Å²) in [5.41, 5.74) is 0. The largest absolute Gasteiger partial charge is 0.299 e. The Kier molecular flexibility index (Phi) is 5.47. The van der Waals surface area contributed by atoms with Crippen LogP contribution in [0.25, 0.3) is 0 Å². The van der Waals surface area contributed by atoms with Crippen LogP contribution in [0.5, 0.6) is 0 Å². The van der Waals surface area contributed by atoms with Gasteiger partial charge in [0.1, 0.15) is 5.78 Å². The quantitative estimate of drug-likeness (QED) is 0.702. The summed E-state index contributed by atoms with van der Waals surface area (Å²) in [6.07, 6.45) is 1.50. The van der Waals surface area contributed by atoms with Crippen LogP contribution < -0.4 is 0 Å². The minimum atomic E-state index is 0.309. The fourth-order valence-corrected chi connectivity index (χ4v) is 3.69. The SMILES string of the molecule is O=C(CCc1cccs1)CSc1ccccc1Br. The Bertz CT molecular complexity index is 508. The summed E-state index contributed by atoms with van der Waals surface area (Å²) in [6, 6.07) is 12.1. The van der Waals surface area contributed by atoms with Gasteiger partial charge in [0.25, 0.3) is 0 Å². The molecule has 0 aliphatic rings. The molecule has 0 spiro atoms. The highest BCUT2D eigenvalue weighted by Crippen LogP contribution is 2.27. The van der Waals surface area contributed by atoms with Crippen molar-refractivity contribution in [3.8, 4) is 0 Å². The molecule has 1 nitrogen and oxygen atoms in total. The molecule has 0 aliphatic heterocycles. The van der Waals surface area contributed by atoms with E-state index in [0.29, 0.717) is 18.0 Å².